The average Bonchev–Trinajstić information content (AvgIpc) is 2.51. The van der Waals surface area contributed by atoms with Crippen molar-refractivity contribution in [3.63, 3.8) is 0 Å². The molecule has 0 aliphatic heterocycles. The normalized spacial score (nSPS) is 15.2. The van der Waals surface area contributed by atoms with Gasteiger partial charge in [0.15, 0.2) is 0 Å². The molecule has 0 amide bonds. The summed E-state index contributed by atoms with van der Waals surface area (Å²) in [5.74, 6) is 0. The first kappa shape index (κ1) is 11.8. The van der Waals surface area contributed by atoms with E-state index in [2.05, 4.69) is 4.98 Å². The Hall–Kier alpha value is -1.26. The van der Waals surface area contributed by atoms with Crippen molar-refractivity contribution in [2.75, 3.05) is 0 Å². The van der Waals surface area contributed by atoms with E-state index in [1.165, 1.54) is 9.36 Å². The van der Waals surface area contributed by atoms with Crippen molar-refractivity contribution in [3.8, 4) is 0 Å². The lowest BCUT2D eigenvalue weighted by atomic mass is 10.2. The summed E-state index contributed by atoms with van der Waals surface area (Å²) in [4.78, 5) is 25.5. The van der Waals surface area contributed by atoms with Crippen LogP contribution in [0, 0.1) is 0 Å². The molecule has 1 aromatic heterocycles. The Morgan fingerprint density at radius 1 is 1.00 bits per heavy atom. The summed E-state index contributed by atoms with van der Waals surface area (Å²) in [5, 5.41) is 0. The molecule has 0 fully saturated rings. The summed E-state index contributed by atoms with van der Waals surface area (Å²) in [5.41, 5.74) is -0.621. The molecule has 0 saturated heterocycles. The van der Waals surface area contributed by atoms with Gasteiger partial charge in [-0.05, 0) is 26.7 Å². The fourth-order valence-corrected chi connectivity index (χ4v) is 1.57. The zero-order valence-corrected chi connectivity index (χ0v) is 9.78. The first-order chi connectivity index (χ1) is 7.02. The molecule has 0 spiro atoms. The standard InChI is InChI=1S/C10H19N3O2/c1-5-7(3)12-9(14)11-10(15)13(12)8(4)6-2/h7-8H,5-6H2,1-4H3,(H,11,14,15). The highest BCUT2D eigenvalue weighted by atomic mass is 16.2. The second-order valence-corrected chi connectivity index (χ2v) is 3.94. The van der Waals surface area contributed by atoms with Gasteiger partial charge >= 0.3 is 11.4 Å². The van der Waals surface area contributed by atoms with E-state index in [0.717, 1.165) is 12.8 Å². The van der Waals surface area contributed by atoms with Crippen LogP contribution in [-0.2, 0) is 0 Å². The van der Waals surface area contributed by atoms with E-state index in [4.69, 9.17) is 0 Å². The van der Waals surface area contributed by atoms with Crippen molar-refractivity contribution in [2.24, 2.45) is 0 Å². The van der Waals surface area contributed by atoms with Gasteiger partial charge in [-0.25, -0.2) is 19.0 Å². The van der Waals surface area contributed by atoms with Crippen LogP contribution < -0.4 is 11.4 Å². The molecule has 15 heavy (non-hydrogen) atoms. The molecule has 0 saturated carbocycles. The summed E-state index contributed by atoms with van der Waals surface area (Å²) in [6.45, 7) is 7.87. The van der Waals surface area contributed by atoms with Gasteiger partial charge in [0.05, 0.1) is 12.1 Å². The summed E-state index contributed by atoms with van der Waals surface area (Å²) >= 11 is 0. The second kappa shape index (κ2) is 4.51. The molecule has 0 aromatic carbocycles. The van der Waals surface area contributed by atoms with E-state index in [0.29, 0.717) is 0 Å². The van der Waals surface area contributed by atoms with Crippen molar-refractivity contribution in [1.29, 1.82) is 0 Å². The van der Waals surface area contributed by atoms with Gasteiger partial charge in [0.2, 0.25) is 0 Å². The van der Waals surface area contributed by atoms with Gasteiger partial charge in [0.25, 0.3) is 0 Å². The van der Waals surface area contributed by atoms with Gasteiger partial charge in [-0.3, -0.25) is 4.98 Å². The number of hydrogen-bond donors (Lipinski definition) is 1. The quantitative estimate of drug-likeness (QED) is 0.819. The van der Waals surface area contributed by atoms with Crippen LogP contribution in [-0.4, -0.2) is 14.3 Å². The minimum absolute atomic E-state index is 0.0467. The summed E-state index contributed by atoms with van der Waals surface area (Å²) < 4.78 is 3.05. The maximum Gasteiger partial charge on any atom is 0.344 e. The fourth-order valence-electron chi connectivity index (χ4n) is 1.57. The first-order valence-corrected chi connectivity index (χ1v) is 5.46. The third-order valence-corrected chi connectivity index (χ3v) is 2.88. The number of aromatic amines is 1. The monoisotopic (exact) mass is 213 g/mol. The van der Waals surface area contributed by atoms with Crippen LogP contribution in [0.4, 0.5) is 0 Å². The van der Waals surface area contributed by atoms with Gasteiger partial charge in [0.1, 0.15) is 0 Å². The fraction of sp³-hybridized carbons (Fsp3) is 0.800. The molecule has 5 nitrogen and oxygen atoms in total. The Morgan fingerprint density at radius 2 is 1.33 bits per heavy atom. The van der Waals surface area contributed by atoms with Crippen LogP contribution in [0.25, 0.3) is 0 Å². The molecule has 0 aliphatic rings. The average molecular weight is 213 g/mol. The maximum atomic E-state index is 11.6. The van der Waals surface area contributed by atoms with E-state index in [-0.39, 0.29) is 23.5 Å². The largest absolute Gasteiger partial charge is 0.344 e. The smallest absolute Gasteiger partial charge is 0.257 e. The minimum atomic E-state index is -0.311. The van der Waals surface area contributed by atoms with Crippen LogP contribution in [0.15, 0.2) is 9.59 Å². The minimum Gasteiger partial charge on any atom is -0.257 e. The van der Waals surface area contributed by atoms with E-state index in [1.54, 1.807) is 0 Å². The third-order valence-electron chi connectivity index (χ3n) is 2.88. The molecule has 1 N–H and O–H groups in total. The molecule has 0 aliphatic carbocycles. The van der Waals surface area contributed by atoms with Crippen molar-refractivity contribution in [2.45, 2.75) is 52.6 Å². The molecule has 0 bridgehead atoms. The molecule has 86 valence electrons. The summed E-state index contributed by atoms with van der Waals surface area (Å²) in [7, 11) is 0. The predicted molar refractivity (Wildman–Crippen MR) is 59.3 cm³/mol. The molecule has 1 heterocycles. The van der Waals surface area contributed by atoms with Gasteiger partial charge in [-0.2, -0.15) is 0 Å². The SMILES string of the molecule is CCC(C)n1c(=O)[nH]c(=O)n1C(C)CC. The van der Waals surface area contributed by atoms with Crippen molar-refractivity contribution >= 4 is 0 Å². The summed E-state index contributed by atoms with van der Waals surface area (Å²) in [6, 6.07) is 0.0934. The van der Waals surface area contributed by atoms with Crippen LogP contribution in [0.2, 0.25) is 0 Å². The Balaban J connectivity index is 3.36. The van der Waals surface area contributed by atoms with Crippen molar-refractivity contribution in [1.82, 2.24) is 14.3 Å². The van der Waals surface area contributed by atoms with Gasteiger partial charge < -0.3 is 0 Å². The molecule has 2 atom stereocenters. The molecule has 1 aromatic rings. The Kier molecular flexibility index (Phi) is 3.55. The maximum absolute atomic E-state index is 11.6. The van der Waals surface area contributed by atoms with Crippen LogP contribution >= 0.6 is 0 Å². The number of aromatic nitrogens is 3. The highest BCUT2D eigenvalue weighted by molar-refractivity contribution is 4.75. The van der Waals surface area contributed by atoms with Crippen LogP contribution in [0.5, 0.6) is 0 Å². The summed E-state index contributed by atoms with van der Waals surface area (Å²) in [6.07, 6.45) is 1.65. The predicted octanol–water partition coefficient (Wildman–Crippen LogP) is 1.28. The van der Waals surface area contributed by atoms with Gasteiger partial charge in [0, 0.05) is 0 Å². The second-order valence-electron chi connectivity index (χ2n) is 3.94. The molecular formula is C10H19N3O2. The van der Waals surface area contributed by atoms with E-state index in [9.17, 15) is 9.59 Å². The van der Waals surface area contributed by atoms with Crippen molar-refractivity contribution in [3.05, 3.63) is 21.0 Å². The lowest BCUT2D eigenvalue weighted by Gasteiger charge is -2.19. The molecular weight excluding hydrogens is 194 g/mol. The number of nitrogens with zero attached hydrogens (tertiary/aromatic N) is 2. The number of hydrogen-bond acceptors (Lipinski definition) is 2. The Morgan fingerprint density at radius 3 is 1.60 bits per heavy atom. The van der Waals surface area contributed by atoms with Gasteiger partial charge in [-0.1, -0.05) is 13.8 Å². The number of nitrogens with one attached hydrogen (secondary N) is 1. The molecule has 1 rings (SSSR count). The molecule has 2 unspecified atom stereocenters. The number of H-pyrrole nitrogens is 1. The van der Waals surface area contributed by atoms with Crippen LogP contribution in [0.1, 0.15) is 52.6 Å². The Bertz CT molecular complexity index is 388. The van der Waals surface area contributed by atoms with Crippen molar-refractivity contribution < 1.29 is 0 Å². The van der Waals surface area contributed by atoms with E-state index in [1.807, 2.05) is 27.7 Å². The lowest BCUT2D eigenvalue weighted by Crippen LogP contribution is -2.31. The number of rotatable bonds is 4. The lowest BCUT2D eigenvalue weighted by molar-refractivity contribution is 0.319. The highest BCUT2D eigenvalue weighted by Gasteiger charge is 2.16. The zero-order chi connectivity index (χ0) is 11.6. The molecule has 0 radical (unpaired) electrons. The van der Waals surface area contributed by atoms with Gasteiger partial charge in [-0.15, -0.1) is 0 Å². The molecule has 5 heteroatoms. The Labute approximate surface area is 88.7 Å². The zero-order valence-electron chi connectivity index (χ0n) is 9.78. The highest BCUT2D eigenvalue weighted by Crippen LogP contribution is 2.11. The van der Waals surface area contributed by atoms with E-state index < -0.39 is 0 Å². The first-order valence-electron chi connectivity index (χ1n) is 5.46. The van der Waals surface area contributed by atoms with Crippen LogP contribution in [0.3, 0.4) is 0 Å². The van der Waals surface area contributed by atoms with E-state index >= 15 is 0 Å². The third kappa shape index (κ3) is 2.06. The topological polar surface area (TPSA) is 59.8 Å².